The van der Waals surface area contributed by atoms with E-state index in [2.05, 4.69) is 20.9 Å². The molecule has 1 fully saturated rings. The smallest absolute Gasteiger partial charge is 0.407 e. The highest BCUT2D eigenvalue weighted by Crippen LogP contribution is 2.30. The molecule has 276 valence electrons. The van der Waals surface area contributed by atoms with Gasteiger partial charge in [-0.25, -0.2) is 14.2 Å². The summed E-state index contributed by atoms with van der Waals surface area (Å²) in [5.74, 6) is -2.35. The lowest BCUT2D eigenvalue weighted by molar-refractivity contribution is -0.127. The second kappa shape index (κ2) is 17.6. The van der Waals surface area contributed by atoms with Crippen LogP contribution in [0.15, 0.2) is 66.9 Å². The predicted molar refractivity (Wildman–Crippen MR) is 191 cm³/mol. The molecule has 3 aromatic rings. The quantitative estimate of drug-likeness (QED) is 0.168. The number of aliphatic hydroxyl groups excluding tert-OH is 2. The van der Waals surface area contributed by atoms with Crippen molar-refractivity contribution in [3.63, 3.8) is 0 Å². The highest BCUT2D eigenvalue weighted by molar-refractivity contribution is 5.87. The van der Waals surface area contributed by atoms with Gasteiger partial charge < -0.3 is 35.6 Å². The monoisotopic (exact) mass is 706 g/mol. The van der Waals surface area contributed by atoms with Crippen molar-refractivity contribution in [3.8, 4) is 17.0 Å². The number of hydrogen-bond donors (Lipinski definition) is 5. The Balaban J connectivity index is 1.65. The zero-order valence-corrected chi connectivity index (χ0v) is 30.2. The molecule has 1 saturated carbocycles. The number of halogens is 1. The van der Waals surface area contributed by atoms with Crippen LogP contribution in [-0.2, 0) is 20.7 Å². The number of amides is 3. The summed E-state index contributed by atoms with van der Waals surface area (Å²) < 4.78 is 25.2. The van der Waals surface area contributed by atoms with Crippen molar-refractivity contribution in [2.24, 2.45) is 11.3 Å². The maximum absolute atomic E-state index is 15.3. The fraction of sp³-hybridized carbons (Fsp3) is 0.487. The predicted octanol–water partition coefficient (Wildman–Crippen LogP) is 4.89. The molecule has 1 heterocycles. The molecule has 1 aromatic heterocycles. The third-order valence-corrected chi connectivity index (χ3v) is 9.63. The Morgan fingerprint density at radius 3 is 2.24 bits per heavy atom. The van der Waals surface area contributed by atoms with Crippen LogP contribution < -0.4 is 20.7 Å². The normalized spacial score (nSPS) is 19.9. The third kappa shape index (κ3) is 10.5. The SMILES string of the molecule is COC(=O)NC(C(=O)NC(Cc1ccc(-c2ccc(OC)nc2)cc1)C(O)CC(C(=O)NC1C(C)CCCC1O)c1ccccc1F)C(C)(C)C. The Kier molecular flexibility index (Phi) is 13.5. The minimum Gasteiger partial charge on any atom is -0.481 e. The molecule has 11 nitrogen and oxygen atoms in total. The van der Waals surface area contributed by atoms with Gasteiger partial charge in [0, 0.05) is 23.4 Å². The van der Waals surface area contributed by atoms with Crippen molar-refractivity contribution in [1.82, 2.24) is 20.9 Å². The van der Waals surface area contributed by atoms with Crippen LogP contribution in [0.4, 0.5) is 9.18 Å². The maximum atomic E-state index is 15.3. The summed E-state index contributed by atoms with van der Waals surface area (Å²) in [5, 5.41) is 31.1. The first-order chi connectivity index (χ1) is 24.2. The number of nitrogens with one attached hydrogen (secondary N) is 3. The van der Waals surface area contributed by atoms with Crippen molar-refractivity contribution in [1.29, 1.82) is 0 Å². The number of carbonyl (C=O) groups is 3. The molecule has 0 radical (unpaired) electrons. The Bertz CT molecular complexity index is 1600. The molecule has 5 N–H and O–H groups in total. The first-order valence-electron chi connectivity index (χ1n) is 17.4. The molecule has 2 aromatic carbocycles. The highest BCUT2D eigenvalue weighted by Gasteiger charge is 2.38. The van der Waals surface area contributed by atoms with E-state index in [4.69, 9.17) is 9.47 Å². The lowest BCUT2D eigenvalue weighted by Crippen LogP contribution is -2.58. The average Bonchev–Trinajstić information content (AvgIpc) is 3.10. The van der Waals surface area contributed by atoms with Crippen LogP contribution in [0.1, 0.15) is 70.4 Å². The maximum Gasteiger partial charge on any atom is 0.407 e. The molecule has 1 aliphatic rings. The number of benzene rings is 2. The van der Waals surface area contributed by atoms with Gasteiger partial charge in [-0.1, -0.05) is 76.6 Å². The zero-order chi connectivity index (χ0) is 37.3. The van der Waals surface area contributed by atoms with Gasteiger partial charge in [0.05, 0.1) is 44.4 Å². The molecule has 0 aliphatic heterocycles. The molecule has 3 amide bonds. The summed E-state index contributed by atoms with van der Waals surface area (Å²) in [4.78, 5) is 44.3. The lowest BCUT2D eigenvalue weighted by atomic mass is 9.82. The van der Waals surface area contributed by atoms with Gasteiger partial charge in [0.25, 0.3) is 0 Å². The van der Waals surface area contributed by atoms with Crippen LogP contribution in [0.3, 0.4) is 0 Å². The van der Waals surface area contributed by atoms with Gasteiger partial charge in [0.2, 0.25) is 17.7 Å². The largest absolute Gasteiger partial charge is 0.481 e. The first kappa shape index (κ1) is 39.2. The Labute approximate surface area is 299 Å². The summed E-state index contributed by atoms with van der Waals surface area (Å²) in [6, 6.07) is 14.5. The number of methoxy groups -OCH3 is 2. The number of nitrogens with zero attached hydrogens (tertiary/aromatic N) is 1. The van der Waals surface area contributed by atoms with Crippen molar-refractivity contribution in [2.45, 2.75) is 96.1 Å². The van der Waals surface area contributed by atoms with E-state index in [-0.39, 0.29) is 24.3 Å². The topological polar surface area (TPSA) is 159 Å². The fourth-order valence-electron chi connectivity index (χ4n) is 6.59. The number of alkyl carbamates (subject to hydrolysis) is 1. The Morgan fingerprint density at radius 2 is 1.65 bits per heavy atom. The molecule has 0 saturated heterocycles. The molecule has 0 spiro atoms. The van der Waals surface area contributed by atoms with Gasteiger partial charge in [-0.2, -0.15) is 0 Å². The summed E-state index contributed by atoms with van der Waals surface area (Å²) in [6.45, 7) is 7.30. The van der Waals surface area contributed by atoms with E-state index >= 15 is 4.39 Å². The van der Waals surface area contributed by atoms with Gasteiger partial charge in [0.1, 0.15) is 11.9 Å². The van der Waals surface area contributed by atoms with E-state index in [1.165, 1.54) is 25.3 Å². The van der Waals surface area contributed by atoms with Gasteiger partial charge in [0.15, 0.2) is 0 Å². The highest BCUT2D eigenvalue weighted by atomic mass is 19.1. The van der Waals surface area contributed by atoms with E-state index in [9.17, 15) is 24.6 Å². The second-order valence-corrected chi connectivity index (χ2v) is 14.4. The van der Waals surface area contributed by atoms with Crippen molar-refractivity contribution in [2.75, 3.05) is 14.2 Å². The zero-order valence-electron chi connectivity index (χ0n) is 30.2. The van der Waals surface area contributed by atoms with Gasteiger partial charge in [-0.3, -0.25) is 9.59 Å². The van der Waals surface area contributed by atoms with E-state index in [1.54, 1.807) is 46.2 Å². The summed E-state index contributed by atoms with van der Waals surface area (Å²) in [6.07, 6.45) is 0.923. The van der Waals surface area contributed by atoms with Gasteiger partial charge in [-0.05, 0) is 60.3 Å². The molecular weight excluding hydrogens is 655 g/mol. The molecule has 0 bridgehead atoms. The number of aliphatic hydroxyl groups is 2. The summed E-state index contributed by atoms with van der Waals surface area (Å²) in [5.41, 5.74) is 1.87. The second-order valence-electron chi connectivity index (χ2n) is 14.4. The van der Waals surface area contributed by atoms with E-state index in [1.807, 2.05) is 37.3 Å². The molecule has 51 heavy (non-hydrogen) atoms. The van der Waals surface area contributed by atoms with Crippen LogP contribution >= 0.6 is 0 Å². The van der Waals surface area contributed by atoms with Gasteiger partial charge in [-0.15, -0.1) is 0 Å². The number of rotatable bonds is 13. The van der Waals surface area contributed by atoms with Crippen LogP contribution in [0, 0.1) is 17.2 Å². The van der Waals surface area contributed by atoms with E-state index in [0.29, 0.717) is 12.3 Å². The molecule has 4 rings (SSSR count). The fourth-order valence-corrected chi connectivity index (χ4v) is 6.59. The van der Waals surface area contributed by atoms with Crippen molar-refractivity contribution < 1.29 is 38.5 Å². The number of hydrogen-bond acceptors (Lipinski definition) is 8. The first-order valence-corrected chi connectivity index (χ1v) is 17.4. The lowest BCUT2D eigenvalue weighted by Gasteiger charge is -2.36. The summed E-state index contributed by atoms with van der Waals surface area (Å²) in [7, 11) is 2.74. The molecular formula is C39H51FN4O7. The number of aromatic nitrogens is 1. The Hall–Kier alpha value is -4.55. The van der Waals surface area contributed by atoms with Crippen molar-refractivity contribution in [3.05, 3.63) is 83.8 Å². The standard InChI is InChI=1S/C39H51FN4O7/c1-23-10-9-13-31(45)34(23)43-36(47)28(27-11-7-8-12-29(27)40)21-32(46)30(42-37(48)35(39(2,3)4)44-38(49)51-6)20-24-14-16-25(17-15-24)26-18-19-33(50-5)41-22-26/h7-8,11-12,14-19,22-23,28,30-32,34-35,45-46H,9-10,13,20-21H2,1-6H3,(H,42,48)(H,43,47)(H,44,49). The van der Waals surface area contributed by atoms with Crippen LogP contribution in [-0.4, -0.2) is 77.7 Å². The van der Waals surface area contributed by atoms with Crippen LogP contribution in [0.25, 0.3) is 11.1 Å². The molecule has 12 heteroatoms. The number of pyridine rings is 1. The molecule has 7 atom stereocenters. The van der Waals surface area contributed by atoms with E-state index in [0.717, 1.165) is 29.5 Å². The minimum atomic E-state index is -1.35. The van der Waals surface area contributed by atoms with Gasteiger partial charge >= 0.3 is 6.09 Å². The van der Waals surface area contributed by atoms with Crippen molar-refractivity contribution >= 4 is 17.9 Å². The summed E-state index contributed by atoms with van der Waals surface area (Å²) >= 11 is 0. The third-order valence-electron chi connectivity index (χ3n) is 9.63. The Morgan fingerprint density at radius 1 is 0.961 bits per heavy atom. The van der Waals surface area contributed by atoms with E-state index < -0.39 is 65.4 Å². The molecule has 7 unspecified atom stereocenters. The molecule has 1 aliphatic carbocycles. The number of ether oxygens (including phenoxy) is 2. The average molecular weight is 707 g/mol. The number of carbonyl (C=O) groups excluding carboxylic acids is 3. The van der Waals surface area contributed by atoms with Crippen LogP contribution in [0.2, 0.25) is 0 Å². The minimum absolute atomic E-state index is 0.00393. The van der Waals surface area contributed by atoms with Crippen LogP contribution in [0.5, 0.6) is 5.88 Å².